The normalized spacial score (nSPS) is 16.3. The number of halogens is 3. The highest BCUT2D eigenvalue weighted by Crippen LogP contribution is 2.32. The molecule has 9 heteroatoms. The minimum atomic E-state index is -4.59. The summed E-state index contributed by atoms with van der Waals surface area (Å²) in [5.41, 5.74) is -0.663. The zero-order valence-corrected chi connectivity index (χ0v) is 14.9. The van der Waals surface area contributed by atoms with Gasteiger partial charge in [-0.25, -0.2) is 13.1 Å². The fraction of sp³-hybridized carbons (Fsp3) is 0.471. The fourth-order valence-electron chi connectivity index (χ4n) is 3.21. The second kappa shape index (κ2) is 7.40. The summed E-state index contributed by atoms with van der Waals surface area (Å²) in [6.07, 6.45) is 1.66. The summed E-state index contributed by atoms with van der Waals surface area (Å²) < 4.78 is 67.6. The molecule has 0 atom stereocenters. The van der Waals surface area contributed by atoms with Crippen molar-refractivity contribution in [1.29, 1.82) is 0 Å². The van der Waals surface area contributed by atoms with Gasteiger partial charge < -0.3 is 0 Å². The van der Waals surface area contributed by atoms with Crippen LogP contribution >= 0.6 is 0 Å². The van der Waals surface area contributed by atoms with Crippen molar-refractivity contribution in [3.8, 4) is 0 Å². The van der Waals surface area contributed by atoms with Crippen molar-refractivity contribution < 1.29 is 21.6 Å². The van der Waals surface area contributed by atoms with Crippen LogP contribution in [0.3, 0.4) is 0 Å². The van der Waals surface area contributed by atoms with Crippen LogP contribution in [0.15, 0.2) is 36.5 Å². The van der Waals surface area contributed by atoms with Gasteiger partial charge in [-0.2, -0.15) is 18.3 Å². The van der Waals surface area contributed by atoms with Crippen molar-refractivity contribution >= 4 is 10.0 Å². The molecule has 0 bridgehead atoms. The van der Waals surface area contributed by atoms with Gasteiger partial charge >= 0.3 is 6.18 Å². The van der Waals surface area contributed by atoms with Crippen molar-refractivity contribution in [2.45, 2.75) is 50.2 Å². The van der Waals surface area contributed by atoms with Gasteiger partial charge in [-0.05, 0) is 30.5 Å². The fourth-order valence-corrected chi connectivity index (χ4v) is 4.34. The lowest BCUT2D eigenvalue weighted by Gasteiger charge is -2.13. The lowest BCUT2D eigenvalue weighted by atomic mass is 10.1. The van der Waals surface area contributed by atoms with Gasteiger partial charge in [0, 0.05) is 6.20 Å². The number of nitrogens with zero attached hydrogens (tertiary/aromatic N) is 2. The quantitative estimate of drug-likeness (QED) is 0.823. The molecule has 3 rings (SSSR count). The minimum Gasteiger partial charge on any atom is -0.269 e. The average molecular weight is 387 g/mol. The van der Waals surface area contributed by atoms with E-state index in [1.54, 1.807) is 6.07 Å². The number of hydrogen-bond donors (Lipinski definition) is 1. The number of rotatable bonds is 6. The summed E-state index contributed by atoms with van der Waals surface area (Å²) in [5, 5.41) is 4.37. The molecule has 1 aromatic carbocycles. The van der Waals surface area contributed by atoms with Gasteiger partial charge in [-0.3, -0.25) is 4.68 Å². The zero-order valence-electron chi connectivity index (χ0n) is 14.0. The predicted octanol–water partition coefficient (Wildman–Crippen LogP) is 3.64. The van der Waals surface area contributed by atoms with Crippen LogP contribution in [0.5, 0.6) is 0 Å². The molecule has 1 saturated carbocycles. The Morgan fingerprint density at radius 1 is 1.15 bits per heavy atom. The lowest BCUT2D eigenvalue weighted by molar-refractivity contribution is -0.138. The van der Waals surface area contributed by atoms with E-state index in [4.69, 9.17) is 0 Å². The highest BCUT2D eigenvalue weighted by Gasteiger charge is 2.34. The van der Waals surface area contributed by atoms with Crippen molar-refractivity contribution in [2.75, 3.05) is 0 Å². The number of aromatic nitrogens is 2. The number of sulfonamides is 1. The van der Waals surface area contributed by atoms with Gasteiger partial charge in [0.25, 0.3) is 0 Å². The molecule has 0 aliphatic heterocycles. The van der Waals surface area contributed by atoms with E-state index < -0.39 is 27.5 Å². The van der Waals surface area contributed by atoms with Crippen LogP contribution in [0.2, 0.25) is 0 Å². The first kappa shape index (κ1) is 18.9. The third-order valence-electron chi connectivity index (χ3n) is 4.50. The third kappa shape index (κ3) is 4.64. The van der Waals surface area contributed by atoms with E-state index in [1.807, 2.05) is 10.9 Å². The number of alkyl halides is 3. The molecular weight excluding hydrogens is 367 g/mol. The molecule has 1 aliphatic carbocycles. The zero-order chi connectivity index (χ0) is 18.8. The molecule has 5 nitrogen and oxygen atoms in total. The van der Waals surface area contributed by atoms with E-state index in [0.717, 1.165) is 31.7 Å². The summed E-state index contributed by atoms with van der Waals surface area (Å²) in [6.45, 7) is -0.0454. The molecule has 0 radical (unpaired) electrons. The van der Waals surface area contributed by atoms with Gasteiger partial charge in [0.1, 0.15) is 0 Å². The predicted molar refractivity (Wildman–Crippen MR) is 90.6 cm³/mol. The molecule has 0 unspecified atom stereocenters. The van der Waals surface area contributed by atoms with E-state index in [9.17, 15) is 21.6 Å². The second-order valence-corrected chi connectivity index (χ2v) is 8.27. The molecule has 0 amide bonds. The van der Waals surface area contributed by atoms with Crippen molar-refractivity contribution in [3.05, 3.63) is 53.3 Å². The highest BCUT2D eigenvalue weighted by atomic mass is 32.2. The van der Waals surface area contributed by atoms with Gasteiger partial charge in [-0.15, -0.1) is 0 Å². The van der Waals surface area contributed by atoms with E-state index in [1.165, 1.54) is 18.2 Å². The summed E-state index contributed by atoms with van der Waals surface area (Å²) in [7, 11) is -3.92. The SMILES string of the molecule is O=S(=O)(Cc1ccccc1C(F)(F)F)NCc1ccn(C2CCCC2)n1. The molecule has 1 N–H and O–H groups in total. The van der Waals surface area contributed by atoms with Crippen molar-refractivity contribution in [3.63, 3.8) is 0 Å². The topological polar surface area (TPSA) is 64.0 Å². The van der Waals surface area contributed by atoms with Gasteiger partial charge in [0.2, 0.25) is 10.0 Å². The van der Waals surface area contributed by atoms with E-state index in [-0.39, 0.29) is 12.1 Å². The third-order valence-corrected chi connectivity index (χ3v) is 5.78. The molecule has 0 spiro atoms. The second-order valence-electron chi connectivity index (χ2n) is 6.46. The van der Waals surface area contributed by atoms with Gasteiger partial charge in [0.05, 0.1) is 29.6 Å². The van der Waals surface area contributed by atoms with E-state index in [2.05, 4.69) is 9.82 Å². The first-order valence-corrected chi connectivity index (χ1v) is 10.1. The Morgan fingerprint density at radius 3 is 2.54 bits per heavy atom. The molecule has 1 heterocycles. The monoisotopic (exact) mass is 387 g/mol. The Bertz CT molecular complexity index is 856. The first-order valence-electron chi connectivity index (χ1n) is 8.41. The Morgan fingerprint density at radius 2 is 1.85 bits per heavy atom. The molecule has 142 valence electrons. The summed E-state index contributed by atoms with van der Waals surface area (Å²) in [4.78, 5) is 0. The maximum Gasteiger partial charge on any atom is 0.416 e. The van der Waals surface area contributed by atoms with Gasteiger partial charge in [-0.1, -0.05) is 31.0 Å². The van der Waals surface area contributed by atoms with Crippen LogP contribution in [-0.4, -0.2) is 18.2 Å². The van der Waals surface area contributed by atoms with E-state index in [0.29, 0.717) is 11.7 Å². The van der Waals surface area contributed by atoms with Crippen molar-refractivity contribution in [2.24, 2.45) is 0 Å². The molecule has 26 heavy (non-hydrogen) atoms. The highest BCUT2D eigenvalue weighted by molar-refractivity contribution is 7.88. The smallest absolute Gasteiger partial charge is 0.269 e. The Labute approximate surface area is 150 Å². The molecule has 1 fully saturated rings. The number of hydrogen-bond acceptors (Lipinski definition) is 3. The van der Waals surface area contributed by atoms with Crippen LogP contribution in [0.25, 0.3) is 0 Å². The summed E-state index contributed by atoms with van der Waals surface area (Å²) in [6, 6.07) is 6.76. The van der Waals surface area contributed by atoms with Gasteiger partial charge in [0.15, 0.2) is 0 Å². The lowest BCUT2D eigenvalue weighted by Crippen LogP contribution is -2.26. The molecule has 2 aromatic rings. The van der Waals surface area contributed by atoms with Crippen LogP contribution in [0.4, 0.5) is 13.2 Å². The maximum absolute atomic E-state index is 13.0. The molecule has 1 aromatic heterocycles. The molecular formula is C17H20F3N3O2S. The number of benzene rings is 1. The standard InChI is InChI=1S/C17H20F3N3O2S/c18-17(19,20)16-8-4-1-5-13(16)12-26(24,25)21-11-14-9-10-23(22-14)15-6-2-3-7-15/h1,4-5,8-10,15,21H,2-3,6-7,11-12H2. The minimum absolute atomic E-state index is 0.0454. The molecule has 1 aliphatic rings. The number of nitrogens with one attached hydrogen (secondary N) is 1. The van der Waals surface area contributed by atoms with Crippen LogP contribution in [0.1, 0.15) is 48.5 Å². The van der Waals surface area contributed by atoms with E-state index >= 15 is 0 Å². The average Bonchev–Trinajstić information content (AvgIpc) is 3.23. The molecule has 0 saturated heterocycles. The summed E-state index contributed by atoms with van der Waals surface area (Å²) in [5.74, 6) is -0.730. The van der Waals surface area contributed by atoms with Crippen LogP contribution in [0, 0.1) is 0 Å². The Hall–Kier alpha value is -1.87. The Kier molecular flexibility index (Phi) is 5.38. The Balaban J connectivity index is 1.65. The van der Waals surface area contributed by atoms with Crippen LogP contribution < -0.4 is 4.72 Å². The van der Waals surface area contributed by atoms with Crippen molar-refractivity contribution in [1.82, 2.24) is 14.5 Å². The summed E-state index contributed by atoms with van der Waals surface area (Å²) >= 11 is 0. The maximum atomic E-state index is 13.0. The first-order chi connectivity index (χ1) is 12.2. The van der Waals surface area contributed by atoms with Crippen LogP contribution in [-0.2, 0) is 28.5 Å². The largest absolute Gasteiger partial charge is 0.416 e.